The Labute approximate surface area is 118 Å². The Bertz CT molecular complexity index is 479. The second-order valence-corrected chi connectivity index (χ2v) is 4.97. The maximum Gasteiger partial charge on any atom is 0.253 e. The van der Waals surface area contributed by atoms with Gasteiger partial charge in [0.05, 0.1) is 0 Å². The molecule has 0 spiro atoms. The monoisotopic (exact) mass is 278 g/mol. The van der Waals surface area contributed by atoms with Gasteiger partial charge in [0.1, 0.15) is 5.82 Å². The van der Waals surface area contributed by atoms with Crippen LogP contribution in [0.5, 0.6) is 0 Å². The number of hydrogen-bond donors (Lipinski definition) is 1. The minimum Gasteiger partial charge on any atom is -0.356 e. The summed E-state index contributed by atoms with van der Waals surface area (Å²) < 4.78 is 12.8. The number of hydrogen-bond acceptors (Lipinski definition) is 2. The van der Waals surface area contributed by atoms with Gasteiger partial charge in [-0.1, -0.05) is 0 Å². The molecule has 108 valence electrons. The molecular formula is C15H19FN2O2. The number of amides is 2. The van der Waals surface area contributed by atoms with Crippen LogP contribution in [0.2, 0.25) is 0 Å². The fraction of sp³-hybridized carbons (Fsp3) is 0.467. The van der Waals surface area contributed by atoms with E-state index in [2.05, 4.69) is 5.32 Å². The van der Waals surface area contributed by atoms with Crippen molar-refractivity contribution in [3.63, 3.8) is 0 Å². The summed E-state index contributed by atoms with van der Waals surface area (Å²) in [5, 5.41) is 2.81. The first kappa shape index (κ1) is 14.5. The zero-order valence-corrected chi connectivity index (χ0v) is 11.6. The first-order chi connectivity index (χ1) is 9.61. The predicted molar refractivity (Wildman–Crippen MR) is 73.7 cm³/mol. The topological polar surface area (TPSA) is 49.4 Å². The van der Waals surface area contributed by atoms with E-state index in [1.807, 2.05) is 6.92 Å². The molecule has 1 saturated heterocycles. The van der Waals surface area contributed by atoms with E-state index in [1.54, 1.807) is 4.90 Å². The summed E-state index contributed by atoms with van der Waals surface area (Å²) in [6, 6.07) is 5.56. The Morgan fingerprint density at radius 3 is 2.40 bits per heavy atom. The van der Waals surface area contributed by atoms with Gasteiger partial charge in [-0.05, 0) is 44.0 Å². The van der Waals surface area contributed by atoms with E-state index in [4.69, 9.17) is 0 Å². The number of halogens is 1. The van der Waals surface area contributed by atoms with E-state index in [0.717, 1.165) is 0 Å². The highest BCUT2D eigenvalue weighted by molar-refractivity contribution is 5.94. The Kier molecular flexibility index (Phi) is 4.71. The fourth-order valence-electron chi connectivity index (χ4n) is 2.44. The molecule has 2 amide bonds. The summed E-state index contributed by atoms with van der Waals surface area (Å²) >= 11 is 0. The van der Waals surface area contributed by atoms with Crippen LogP contribution in [0.4, 0.5) is 4.39 Å². The van der Waals surface area contributed by atoms with E-state index < -0.39 is 0 Å². The van der Waals surface area contributed by atoms with Crippen LogP contribution in [0.15, 0.2) is 24.3 Å². The van der Waals surface area contributed by atoms with Gasteiger partial charge in [-0.2, -0.15) is 0 Å². The van der Waals surface area contributed by atoms with Gasteiger partial charge < -0.3 is 10.2 Å². The number of piperidine rings is 1. The largest absolute Gasteiger partial charge is 0.356 e. The van der Waals surface area contributed by atoms with Crippen LogP contribution in [0.1, 0.15) is 30.1 Å². The van der Waals surface area contributed by atoms with Crippen molar-refractivity contribution in [2.45, 2.75) is 19.8 Å². The van der Waals surface area contributed by atoms with Gasteiger partial charge in [0, 0.05) is 31.1 Å². The van der Waals surface area contributed by atoms with Crippen LogP contribution in [0, 0.1) is 11.7 Å². The molecule has 0 aromatic heterocycles. The van der Waals surface area contributed by atoms with E-state index >= 15 is 0 Å². The summed E-state index contributed by atoms with van der Waals surface area (Å²) in [4.78, 5) is 25.7. The summed E-state index contributed by atoms with van der Waals surface area (Å²) in [6.07, 6.45) is 1.36. The number of nitrogens with zero attached hydrogens (tertiary/aromatic N) is 1. The zero-order chi connectivity index (χ0) is 14.5. The number of benzene rings is 1. The van der Waals surface area contributed by atoms with Crippen molar-refractivity contribution in [1.29, 1.82) is 0 Å². The summed E-state index contributed by atoms with van der Waals surface area (Å²) in [6.45, 7) is 3.66. The summed E-state index contributed by atoms with van der Waals surface area (Å²) in [5.74, 6) is -0.385. The number of carbonyl (C=O) groups excluding carboxylic acids is 2. The molecule has 0 atom stereocenters. The van der Waals surface area contributed by atoms with E-state index in [-0.39, 0.29) is 23.5 Å². The van der Waals surface area contributed by atoms with Crippen molar-refractivity contribution in [3.05, 3.63) is 35.6 Å². The van der Waals surface area contributed by atoms with E-state index in [9.17, 15) is 14.0 Å². The molecule has 1 aliphatic rings. The van der Waals surface area contributed by atoms with Gasteiger partial charge in [0.25, 0.3) is 5.91 Å². The second kappa shape index (κ2) is 6.50. The number of likely N-dealkylation sites (tertiary alicyclic amines) is 1. The lowest BCUT2D eigenvalue weighted by atomic mass is 9.95. The smallest absolute Gasteiger partial charge is 0.253 e. The van der Waals surface area contributed by atoms with Gasteiger partial charge in [-0.25, -0.2) is 4.39 Å². The molecule has 20 heavy (non-hydrogen) atoms. The lowest BCUT2D eigenvalue weighted by Crippen LogP contribution is -2.43. The van der Waals surface area contributed by atoms with Crippen LogP contribution in [-0.2, 0) is 4.79 Å². The molecule has 1 heterocycles. The van der Waals surface area contributed by atoms with E-state index in [0.29, 0.717) is 38.0 Å². The molecule has 1 aromatic carbocycles. The number of rotatable bonds is 3. The molecule has 0 saturated carbocycles. The molecule has 0 bridgehead atoms. The van der Waals surface area contributed by atoms with Gasteiger partial charge in [0.15, 0.2) is 0 Å². The Balaban J connectivity index is 1.92. The van der Waals surface area contributed by atoms with Gasteiger partial charge in [-0.15, -0.1) is 0 Å². The predicted octanol–water partition coefficient (Wildman–Crippen LogP) is 1.81. The average Bonchev–Trinajstić information content (AvgIpc) is 2.48. The van der Waals surface area contributed by atoms with Crippen molar-refractivity contribution in [2.24, 2.45) is 5.92 Å². The van der Waals surface area contributed by atoms with Gasteiger partial charge >= 0.3 is 0 Å². The SMILES string of the molecule is CCNC(=O)C1CCN(C(=O)c2ccc(F)cc2)CC1. The molecule has 2 rings (SSSR count). The molecular weight excluding hydrogens is 259 g/mol. The van der Waals surface area contributed by atoms with Crippen LogP contribution < -0.4 is 5.32 Å². The maximum atomic E-state index is 12.8. The molecule has 0 radical (unpaired) electrons. The normalized spacial score (nSPS) is 16.0. The summed E-state index contributed by atoms with van der Waals surface area (Å²) in [5.41, 5.74) is 0.489. The molecule has 1 N–H and O–H groups in total. The average molecular weight is 278 g/mol. The molecule has 1 aliphatic heterocycles. The summed E-state index contributed by atoms with van der Waals surface area (Å²) in [7, 11) is 0. The third kappa shape index (κ3) is 3.35. The fourth-order valence-corrected chi connectivity index (χ4v) is 2.44. The third-order valence-corrected chi connectivity index (χ3v) is 3.60. The van der Waals surface area contributed by atoms with Crippen molar-refractivity contribution in [3.8, 4) is 0 Å². The Morgan fingerprint density at radius 2 is 1.85 bits per heavy atom. The standard InChI is InChI=1S/C15H19FN2O2/c1-2-17-14(19)11-7-9-18(10-8-11)15(20)12-3-5-13(16)6-4-12/h3-6,11H,2,7-10H2,1H3,(H,17,19). The Hall–Kier alpha value is -1.91. The highest BCUT2D eigenvalue weighted by Crippen LogP contribution is 2.19. The molecule has 0 aliphatic carbocycles. The quantitative estimate of drug-likeness (QED) is 0.916. The Morgan fingerprint density at radius 1 is 1.25 bits per heavy atom. The minimum absolute atomic E-state index is 0.00721. The van der Waals surface area contributed by atoms with Crippen molar-refractivity contribution < 1.29 is 14.0 Å². The lowest BCUT2D eigenvalue weighted by Gasteiger charge is -2.31. The molecule has 1 aromatic rings. The lowest BCUT2D eigenvalue weighted by molar-refractivity contribution is -0.126. The first-order valence-electron chi connectivity index (χ1n) is 6.94. The van der Waals surface area contributed by atoms with E-state index in [1.165, 1.54) is 24.3 Å². The van der Waals surface area contributed by atoms with Crippen LogP contribution in [0.3, 0.4) is 0 Å². The third-order valence-electron chi connectivity index (χ3n) is 3.60. The second-order valence-electron chi connectivity index (χ2n) is 4.97. The van der Waals surface area contributed by atoms with Crippen LogP contribution in [-0.4, -0.2) is 36.3 Å². The van der Waals surface area contributed by atoms with Crippen molar-refractivity contribution >= 4 is 11.8 Å². The number of carbonyl (C=O) groups is 2. The highest BCUT2D eigenvalue weighted by Gasteiger charge is 2.27. The first-order valence-corrected chi connectivity index (χ1v) is 6.94. The van der Waals surface area contributed by atoms with Gasteiger partial charge in [-0.3, -0.25) is 9.59 Å². The van der Waals surface area contributed by atoms with Crippen molar-refractivity contribution in [1.82, 2.24) is 10.2 Å². The highest BCUT2D eigenvalue weighted by atomic mass is 19.1. The van der Waals surface area contributed by atoms with Crippen molar-refractivity contribution in [2.75, 3.05) is 19.6 Å². The molecule has 1 fully saturated rings. The zero-order valence-electron chi connectivity index (χ0n) is 11.6. The maximum absolute atomic E-state index is 12.8. The molecule has 4 nitrogen and oxygen atoms in total. The van der Waals surface area contributed by atoms with Crippen LogP contribution in [0.25, 0.3) is 0 Å². The van der Waals surface area contributed by atoms with Crippen LogP contribution >= 0.6 is 0 Å². The molecule has 5 heteroatoms. The molecule has 0 unspecified atom stereocenters. The minimum atomic E-state index is -0.350. The van der Waals surface area contributed by atoms with Gasteiger partial charge in [0.2, 0.25) is 5.91 Å². The number of nitrogens with one attached hydrogen (secondary N) is 1.